The maximum atomic E-state index is 9.28. The van der Waals surface area contributed by atoms with Gasteiger partial charge in [-0.15, -0.1) is 0 Å². The Morgan fingerprint density at radius 1 is 1.50 bits per heavy atom. The third-order valence-corrected chi connectivity index (χ3v) is 1.37. The molecule has 0 aliphatic rings. The van der Waals surface area contributed by atoms with Gasteiger partial charge in [-0.1, -0.05) is 13.3 Å². The second-order valence-electron chi connectivity index (χ2n) is 3.29. The van der Waals surface area contributed by atoms with Crippen molar-refractivity contribution in [3.8, 4) is 0 Å². The van der Waals surface area contributed by atoms with Crippen molar-refractivity contribution in [3.63, 3.8) is 0 Å². The van der Waals surface area contributed by atoms with E-state index in [9.17, 15) is 5.11 Å². The van der Waals surface area contributed by atoms with Crippen molar-refractivity contribution in [3.05, 3.63) is 6.92 Å². The molecule has 2 heteroatoms. The van der Waals surface area contributed by atoms with Gasteiger partial charge < -0.3 is 12.0 Å². The maximum Gasteiger partial charge on any atom is 0.0569 e. The van der Waals surface area contributed by atoms with Crippen LogP contribution in [0.25, 0.3) is 0 Å². The molecule has 0 amide bonds. The number of hydrogen-bond donors (Lipinski definition) is 1. The maximum absolute atomic E-state index is 9.28. The molecule has 0 spiro atoms. The van der Waals surface area contributed by atoms with Crippen LogP contribution in [0.2, 0.25) is 0 Å². The zero-order valence-corrected chi connectivity index (χ0v) is 9.74. The van der Waals surface area contributed by atoms with E-state index >= 15 is 0 Å². The molecule has 1 atom stereocenters. The van der Waals surface area contributed by atoms with Crippen LogP contribution in [-0.4, -0.2) is 10.7 Å². The van der Waals surface area contributed by atoms with Crippen molar-refractivity contribution >= 4 is 0 Å². The molecule has 0 saturated carbocycles. The molecule has 0 aliphatic heterocycles. The fourth-order valence-corrected chi connectivity index (χ4v) is 0.851. The number of aliphatic hydroxyl groups is 1. The molecule has 63 valence electrons. The Morgan fingerprint density at radius 3 is 2.00 bits per heavy atom. The topological polar surface area (TPSA) is 20.2 Å². The van der Waals surface area contributed by atoms with Crippen molar-refractivity contribution in [2.24, 2.45) is 5.92 Å². The van der Waals surface area contributed by atoms with Crippen molar-refractivity contribution in [2.75, 3.05) is 0 Å². The van der Waals surface area contributed by atoms with Gasteiger partial charge in [0.1, 0.15) is 0 Å². The van der Waals surface area contributed by atoms with E-state index in [1.807, 2.05) is 13.8 Å². The van der Waals surface area contributed by atoms with Crippen molar-refractivity contribution in [1.29, 1.82) is 0 Å². The molecule has 1 nitrogen and oxygen atoms in total. The molecule has 0 aromatic heterocycles. The summed E-state index contributed by atoms with van der Waals surface area (Å²) in [6.45, 7) is 9.61. The van der Waals surface area contributed by atoms with Gasteiger partial charge in [-0.2, -0.15) is 5.92 Å². The predicted octanol–water partition coefficient (Wildman–Crippen LogP) is 2.01. The smallest absolute Gasteiger partial charge is 0.0569 e. The molecular weight excluding hydrogens is 298 g/mol. The van der Waals surface area contributed by atoms with Crippen LogP contribution in [0, 0.1) is 12.8 Å². The second-order valence-corrected chi connectivity index (χ2v) is 3.29. The fourth-order valence-electron chi connectivity index (χ4n) is 0.851. The molecule has 1 N–H and O–H groups in total. The zero-order chi connectivity index (χ0) is 7.49. The van der Waals surface area contributed by atoms with Crippen molar-refractivity contribution in [1.82, 2.24) is 0 Å². The predicted molar refractivity (Wildman–Crippen MR) is 40.1 cm³/mol. The van der Waals surface area contributed by atoms with Gasteiger partial charge >= 0.3 is 0 Å². The van der Waals surface area contributed by atoms with E-state index in [1.165, 1.54) is 0 Å². The molecule has 1 unspecified atom stereocenters. The van der Waals surface area contributed by atoms with Crippen molar-refractivity contribution in [2.45, 2.75) is 39.2 Å². The molecule has 0 aliphatic carbocycles. The Hall–Kier alpha value is 0.622. The molecule has 0 saturated heterocycles. The van der Waals surface area contributed by atoms with Crippen molar-refractivity contribution < 1.29 is 25.5 Å². The van der Waals surface area contributed by atoms with E-state index in [0.29, 0.717) is 5.92 Å². The van der Waals surface area contributed by atoms with Crippen LogP contribution in [0.1, 0.15) is 33.6 Å². The molecule has 0 bridgehead atoms. The first-order valence-electron chi connectivity index (χ1n) is 3.51. The largest absolute Gasteiger partial charge is 0.391 e. The van der Waals surface area contributed by atoms with E-state index in [4.69, 9.17) is 0 Å². The van der Waals surface area contributed by atoms with Gasteiger partial charge in [-0.3, -0.25) is 0 Å². The summed E-state index contributed by atoms with van der Waals surface area (Å²) < 4.78 is 0. The van der Waals surface area contributed by atoms with E-state index in [0.717, 1.165) is 12.8 Å². The van der Waals surface area contributed by atoms with E-state index in [2.05, 4.69) is 13.8 Å². The minimum Gasteiger partial charge on any atom is -0.391 e. The normalized spacial score (nSPS) is 14.1. The Kier molecular flexibility index (Phi) is 7.01. The van der Waals surface area contributed by atoms with Gasteiger partial charge in [0.25, 0.3) is 0 Å². The standard InChI is InChI=1S/C8H17O.Re/c1-5-7(2)6-8(3,4)9;/h7,9H,2,5-6H2,1,3-4H3;/q-1;. The molecular formula is C8H17ORe-. The van der Waals surface area contributed by atoms with Gasteiger partial charge in [-0.05, 0) is 20.3 Å². The first-order chi connectivity index (χ1) is 3.95. The summed E-state index contributed by atoms with van der Waals surface area (Å²) in [5, 5.41) is 9.28. The van der Waals surface area contributed by atoms with Gasteiger partial charge in [0.15, 0.2) is 0 Å². The fraction of sp³-hybridized carbons (Fsp3) is 0.875. The van der Waals surface area contributed by atoms with Crippen LogP contribution >= 0.6 is 0 Å². The Bertz CT molecular complexity index is 75.8. The Balaban J connectivity index is 0. The first kappa shape index (κ1) is 13.2. The Labute approximate surface area is 77.9 Å². The molecule has 10 heavy (non-hydrogen) atoms. The molecule has 0 rings (SSSR count). The molecule has 0 fully saturated rings. The average Bonchev–Trinajstić information content (AvgIpc) is 1.62. The Morgan fingerprint density at radius 2 is 1.90 bits per heavy atom. The van der Waals surface area contributed by atoms with Gasteiger partial charge in [0.05, 0.1) is 5.60 Å². The third-order valence-electron chi connectivity index (χ3n) is 1.37. The number of rotatable bonds is 3. The minimum absolute atomic E-state index is 0. The molecule has 0 heterocycles. The molecule has 0 aromatic rings. The monoisotopic (exact) mass is 316 g/mol. The number of hydrogen-bond acceptors (Lipinski definition) is 1. The minimum atomic E-state index is -0.539. The molecule has 0 aromatic carbocycles. The van der Waals surface area contributed by atoms with E-state index in [-0.39, 0.29) is 20.4 Å². The SMILES string of the molecule is [CH2-]C(CC)CC(C)(C)O.[Re]. The second kappa shape index (κ2) is 5.30. The van der Waals surface area contributed by atoms with Crippen LogP contribution in [0.15, 0.2) is 0 Å². The molecule has 1 radical (unpaired) electrons. The third kappa shape index (κ3) is 8.62. The summed E-state index contributed by atoms with van der Waals surface area (Å²) in [5.41, 5.74) is -0.539. The summed E-state index contributed by atoms with van der Waals surface area (Å²) in [5.74, 6) is 0.394. The van der Waals surface area contributed by atoms with Crippen LogP contribution in [-0.2, 0) is 20.4 Å². The average molecular weight is 315 g/mol. The van der Waals surface area contributed by atoms with Gasteiger partial charge in [0.2, 0.25) is 0 Å². The summed E-state index contributed by atoms with van der Waals surface area (Å²) in [6.07, 6.45) is 1.84. The van der Waals surface area contributed by atoms with Crippen LogP contribution in [0.5, 0.6) is 0 Å². The summed E-state index contributed by atoms with van der Waals surface area (Å²) in [4.78, 5) is 0. The van der Waals surface area contributed by atoms with Crippen LogP contribution < -0.4 is 0 Å². The summed E-state index contributed by atoms with van der Waals surface area (Å²) in [7, 11) is 0. The van der Waals surface area contributed by atoms with E-state index in [1.54, 1.807) is 0 Å². The van der Waals surface area contributed by atoms with Crippen LogP contribution in [0.3, 0.4) is 0 Å². The van der Waals surface area contributed by atoms with Gasteiger partial charge in [0, 0.05) is 20.4 Å². The van der Waals surface area contributed by atoms with Gasteiger partial charge in [-0.25, -0.2) is 0 Å². The summed E-state index contributed by atoms with van der Waals surface area (Å²) in [6, 6.07) is 0. The first-order valence-corrected chi connectivity index (χ1v) is 3.51. The van der Waals surface area contributed by atoms with E-state index < -0.39 is 5.60 Å². The summed E-state index contributed by atoms with van der Waals surface area (Å²) >= 11 is 0. The quantitative estimate of drug-likeness (QED) is 0.790. The van der Waals surface area contributed by atoms with Crippen LogP contribution in [0.4, 0.5) is 0 Å². The zero-order valence-electron chi connectivity index (χ0n) is 7.02.